The van der Waals surface area contributed by atoms with E-state index in [4.69, 9.17) is 0 Å². The molecular weight excluding hydrogens is 226 g/mol. The van der Waals surface area contributed by atoms with Gasteiger partial charge in [-0.1, -0.05) is 32.0 Å². The average Bonchev–Trinajstić information content (AvgIpc) is 2.88. The standard InChI is InChI=1S/C14H17N3O/c1-3-10(2)12-9-13(17-16-12)14(18)15-11-7-5-4-6-8-11/h4-10H,3H2,1-2H3,(H,15,18)(H,16,17). The van der Waals surface area contributed by atoms with Crippen molar-refractivity contribution in [2.75, 3.05) is 5.32 Å². The number of carbonyl (C=O) groups excluding carboxylic acids is 1. The van der Waals surface area contributed by atoms with Gasteiger partial charge in [-0.3, -0.25) is 9.89 Å². The lowest BCUT2D eigenvalue weighted by molar-refractivity contribution is 0.102. The van der Waals surface area contributed by atoms with Crippen LogP contribution >= 0.6 is 0 Å². The van der Waals surface area contributed by atoms with Crippen LogP contribution in [0.25, 0.3) is 0 Å². The van der Waals surface area contributed by atoms with Crippen molar-refractivity contribution in [3.63, 3.8) is 0 Å². The molecule has 0 saturated carbocycles. The van der Waals surface area contributed by atoms with Crippen molar-refractivity contribution in [2.24, 2.45) is 0 Å². The van der Waals surface area contributed by atoms with Crippen molar-refractivity contribution in [1.82, 2.24) is 10.2 Å². The average molecular weight is 243 g/mol. The summed E-state index contributed by atoms with van der Waals surface area (Å²) in [5.74, 6) is 0.197. The van der Waals surface area contributed by atoms with E-state index in [0.717, 1.165) is 17.8 Å². The first-order valence-electron chi connectivity index (χ1n) is 6.12. The molecule has 1 aromatic carbocycles. The van der Waals surface area contributed by atoms with E-state index in [-0.39, 0.29) is 5.91 Å². The molecule has 0 aliphatic heterocycles. The summed E-state index contributed by atoms with van der Waals surface area (Å²) in [6.07, 6.45) is 1.02. The minimum Gasteiger partial charge on any atom is -0.321 e. The normalized spacial score (nSPS) is 12.1. The summed E-state index contributed by atoms with van der Waals surface area (Å²) in [6, 6.07) is 11.2. The molecule has 0 radical (unpaired) electrons. The third-order valence-corrected chi connectivity index (χ3v) is 3.01. The number of rotatable bonds is 4. The number of aromatic nitrogens is 2. The Bertz CT molecular complexity index is 519. The van der Waals surface area contributed by atoms with Gasteiger partial charge in [0.1, 0.15) is 0 Å². The van der Waals surface area contributed by atoms with E-state index < -0.39 is 0 Å². The van der Waals surface area contributed by atoms with Crippen LogP contribution in [0.15, 0.2) is 36.4 Å². The zero-order valence-electron chi connectivity index (χ0n) is 10.6. The summed E-state index contributed by atoms with van der Waals surface area (Å²) in [6.45, 7) is 4.21. The summed E-state index contributed by atoms with van der Waals surface area (Å²) in [4.78, 5) is 11.9. The molecule has 0 spiro atoms. The molecule has 1 unspecified atom stereocenters. The maximum absolute atomic E-state index is 11.9. The molecule has 18 heavy (non-hydrogen) atoms. The number of para-hydroxylation sites is 1. The van der Waals surface area contributed by atoms with Gasteiger partial charge in [-0.15, -0.1) is 0 Å². The van der Waals surface area contributed by atoms with E-state index >= 15 is 0 Å². The molecule has 0 fully saturated rings. The predicted molar refractivity (Wildman–Crippen MR) is 71.7 cm³/mol. The number of hydrogen-bond acceptors (Lipinski definition) is 2. The number of benzene rings is 1. The second kappa shape index (κ2) is 5.49. The van der Waals surface area contributed by atoms with Crippen LogP contribution in [-0.2, 0) is 0 Å². The summed E-state index contributed by atoms with van der Waals surface area (Å²) in [5, 5.41) is 9.76. The summed E-state index contributed by atoms with van der Waals surface area (Å²) in [5.41, 5.74) is 2.19. The van der Waals surface area contributed by atoms with E-state index in [1.165, 1.54) is 0 Å². The summed E-state index contributed by atoms with van der Waals surface area (Å²) < 4.78 is 0. The SMILES string of the molecule is CCC(C)c1cc(C(=O)Nc2ccccc2)n[nH]1. The molecular formula is C14H17N3O. The largest absolute Gasteiger partial charge is 0.321 e. The second-order valence-electron chi connectivity index (χ2n) is 4.34. The fourth-order valence-corrected chi connectivity index (χ4v) is 1.64. The lowest BCUT2D eigenvalue weighted by atomic mass is 10.1. The first kappa shape index (κ1) is 12.4. The highest BCUT2D eigenvalue weighted by molar-refractivity contribution is 6.02. The molecule has 94 valence electrons. The lowest BCUT2D eigenvalue weighted by Crippen LogP contribution is -2.12. The number of aromatic amines is 1. The van der Waals surface area contributed by atoms with Gasteiger partial charge in [-0.2, -0.15) is 5.10 Å². The molecule has 1 aromatic heterocycles. The summed E-state index contributed by atoms with van der Waals surface area (Å²) >= 11 is 0. The maximum atomic E-state index is 11.9. The van der Waals surface area contributed by atoms with Gasteiger partial charge >= 0.3 is 0 Å². The Balaban J connectivity index is 2.08. The van der Waals surface area contributed by atoms with Gasteiger partial charge in [0.2, 0.25) is 0 Å². The molecule has 4 nitrogen and oxygen atoms in total. The molecule has 0 aliphatic carbocycles. The molecule has 0 saturated heterocycles. The van der Waals surface area contributed by atoms with E-state index in [2.05, 4.69) is 29.4 Å². The Kier molecular flexibility index (Phi) is 3.77. The maximum Gasteiger partial charge on any atom is 0.276 e. The lowest BCUT2D eigenvalue weighted by Gasteiger charge is -2.03. The van der Waals surface area contributed by atoms with Crippen LogP contribution in [0.4, 0.5) is 5.69 Å². The van der Waals surface area contributed by atoms with Crippen LogP contribution < -0.4 is 5.32 Å². The molecule has 0 bridgehead atoms. The van der Waals surface area contributed by atoms with Crippen molar-refractivity contribution >= 4 is 11.6 Å². The van der Waals surface area contributed by atoms with E-state index in [9.17, 15) is 4.79 Å². The van der Waals surface area contributed by atoms with Gasteiger partial charge in [0, 0.05) is 11.4 Å². The quantitative estimate of drug-likeness (QED) is 0.866. The van der Waals surface area contributed by atoms with Gasteiger partial charge in [-0.05, 0) is 30.5 Å². The Morgan fingerprint density at radius 2 is 2.11 bits per heavy atom. The molecule has 1 amide bonds. The number of amides is 1. The van der Waals surface area contributed by atoms with Crippen molar-refractivity contribution in [2.45, 2.75) is 26.2 Å². The third-order valence-electron chi connectivity index (χ3n) is 3.01. The first-order chi connectivity index (χ1) is 8.70. The van der Waals surface area contributed by atoms with Crippen molar-refractivity contribution in [3.8, 4) is 0 Å². The Hall–Kier alpha value is -2.10. The van der Waals surface area contributed by atoms with Crippen molar-refractivity contribution in [3.05, 3.63) is 47.8 Å². The Morgan fingerprint density at radius 1 is 1.39 bits per heavy atom. The van der Waals surface area contributed by atoms with E-state index in [0.29, 0.717) is 11.6 Å². The van der Waals surface area contributed by atoms with E-state index in [1.54, 1.807) is 0 Å². The van der Waals surface area contributed by atoms with Gasteiger partial charge in [-0.25, -0.2) is 0 Å². The van der Waals surface area contributed by atoms with Crippen LogP contribution in [0, 0.1) is 0 Å². The molecule has 2 N–H and O–H groups in total. The third kappa shape index (κ3) is 2.77. The van der Waals surface area contributed by atoms with Gasteiger partial charge in [0.15, 0.2) is 5.69 Å². The van der Waals surface area contributed by atoms with Crippen LogP contribution in [-0.4, -0.2) is 16.1 Å². The van der Waals surface area contributed by atoms with Crippen molar-refractivity contribution < 1.29 is 4.79 Å². The van der Waals surface area contributed by atoms with Crippen LogP contribution in [0.5, 0.6) is 0 Å². The minimum atomic E-state index is -0.188. The first-order valence-corrected chi connectivity index (χ1v) is 6.12. The van der Waals surface area contributed by atoms with Crippen LogP contribution in [0.2, 0.25) is 0 Å². The number of carbonyl (C=O) groups is 1. The number of hydrogen-bond donors (Lipinski definition) is 2. The highest BCUT2D eigenvalue weighted by atomic mass is 16.1. The predicted octanol–water partition coefficient (Wildman–Crippen LogP) is 3.18. The number of nitrogens with one attached hydrogen (secondary N) is 2. The number of anilines is 1. The molecule has 4 heteroatoms. The second-order valence-corrected chi connectivity index (χ2v) is 4.34. The Labute approximate surface area is 106 Å². The summed E-state index contributed by atoms with van der Waals surface area (Å²) in [7, 11) is 0. The zero-order valence-corrected chi connectivity index (χ0v) is 10.6. The molecule has 2 aromatic rings. The highest BCUT2D eigenvalue weighted by Gasteiger charge is 2.13. The number of H-pyrrole nitrogens is 1. The molecule has 1 heterocycles. The van der Waals surface area contributed by atoms with Gasteiger partial charge in [0.25, 0.3) is 5.91 Å². The topological polar surface area (TPSA) is 57.8 Å². The van der Waals surface area contributed by atoms with E-state index in [1.807, 2.05) is 36.4 Å². The fraction of sp³-hybridized carbons (Fsp3) is 0.286. The minimum absolute atomic E-state index is 0.188. The van der Waals surface area contributed by atoms with Crippen molar-refractivity contribution in [1.29, 1.82) is 0 Å². The van der Waals surface area contributed by atoms with Gasteiger partial charge < -0.3 is 5.32 Å². The molecule has 2 rings (SSSR count). The molecule has 0 aliphatic rings. The van der Waals surface area contributed by atoms with Crippen LogP contribution in [0.1, 0.15) is 42.4 Å². The monoisotopic (exact) mass is 243 g/mol. The number of nitrogens with zero attached hydrogens (tertiary/aromatic N) is 1. The molecule has 1 atom stereocenters. The fourth-order valence-electron chi connectivity index (χ4n) is 1.64. The highest BCUT2D eigenvalue weighted by Crippen LogP contribution is 2.17. The Morgan fingerprint density at radius 3 is 2.78 bits per heavy atom. The zero-order chi connectivity index (χ0) is 13.0. The van der Waals surface area contributed by atoms with Crippen LogP contribution in [0.3, 0.4) is 0 Å². The van der Waals surface area contributed by atoms with Gasteiger partial charge in [0.05, 0.1) is 0 Å². The smallest absolute Gasteiger partial charge is 0.276 e.